The minimum absolute atomic E-state index is 0.239. The number of hydrogen-bond acceptors (Lipinski definition) is 5. The largest absolute Gasteiger partial charge is 0.361 e. The quantitative estimate of drug-likeness (QED) is 0.775. The van der Waals surface area contributed by atoms with E-state index in [0.717, 1.165) is 6.42 Å². The van der Waals surface area contributed by atoms with Crippen molar-refractivity contribution < 1.29 is 24.0 Å². The van der Waals surface area contributed by atoms with Gasteiger partial charge in [0.1, 0.15) is 0 Å². The number of benzene rings is 1. The second-order valence-electron chi connectivity index (χ2n) is 5.77. The van der Waals surface area contributed by atoms with E-state index in [0.29, 0.717) is 11.5 Å². The highest BCUT2D eigenvalue weighted by molar-refractivity contribution is 6.20. The Balaban J connectivity index is 1.74. The Hall–Kier alpha value is -2.21. The predicted molar refractivity (Wildman–Crippen MR) is 71.2 cm³/mol. The molecule has 2 heterocycles. The van der Waals surface area contributed by atoms with Gasteiger partial charge in [0.05, 0.1) is 16.7 Å². The smallest absolute Gasteiger partial charge is 0.361 e. The van der Waals surface area contributed by atoms with E-state index in [1.54, 1.807) is 12.1 Å². The van der Waals surface area contributed by atoms with Crippen molar-refractivity contribution in [3.05, 3.63) is 35.4 Å². The number of amides is 2. The zero-order valence-corrected chi connectivity index (χ0v) is 11.8. The van der Waals surface area contributed by atoms with Gasteiger partial charge in [-0.1, -0.05) is 17.2 Å². The fourth-order valence-electron chi connectivity index (χ4n) is 2.55. The molecule has 110 valence electrons. The molecule has 0 N–H and O–H groups in total. The first kappa shape index (κ1) is 13.8. The highest BCUT2D eigenvalue weighted by Crippen LogP contribution is 2.31. The molecule has 2 aliphatic heterocycles. The summed E-state index contributed by atoms with van der Waals surface area (Å²) in [5, 5.41) is 0.516. The number of hydrogen-bond donors (Lipinski definition) is 0. The standard InChI is InChI=1S/C15H15NO5/c1-15(2)8-7-11(20-15)14(19)21-16-12(17)9-5-3-4-6-10(9)13(16)18/h3-6,11H,7-8H2,1-2H3. The molecular weight excluding hydrogens is 274 g/mol. The van der Waals surface area contributed by atoms with Gasteiger partial charge in [0.25, 0.3) is 11.8 Å². The molecule has 0 aromatic heterocycles. The summed E-state index contributed by atoms with van der Waals surface area (Å²) in [5.41, 5.74) is 0.0806. The van der Waals surface area contributed by atoms with Crippen LogP contribution < -0.4 is 0 Å². The van der Waals surface area contributed by atoms with E-state index >= 15 is 0 Å². The lowest BCUT2D eigenvalue weighted by Crippen LogP contribution is -2.37. The lowest BCUT2D eigenvalue weighted by molar-refractivity contribution is -0.183. The molecule has 0 spiro atoms. The summed E-state index contributed by atoms with van der Waals surface area (Å²) in [6.07, 6.45) is 0.480. The van der Waals surface area contributed by atoms with Crippen molar-refractivity contribution in [2.24, 2.45) is 0 Å². The number of imide groups is 1. The van der Waals surface area contributed by atoms with Crippen LogP contribution in [0.15, 0.2) is 24.3 Å². The number of carbonyl (C=O) groups excluding carboxylic acids is 3. The lowest BCUT2D eigenvalue weighted by atomic mass is 10.1. The number of hydroxylamine groups is 2. The Bertz CT molecular complexity index is 602. The van der Waals surface area contributed by atoms with E-state index in [9.17, 15) is 14.4 Å². The third-order valence-corrected chi connectivity index (χ3v) is 3.67. The topological polar surface area (TPSA) is 72.9 Å². The molecule has 21 heavy (non-hydrogen) atoms. The molecule has 1 saturated heterocycles. The van der Waals surface area contributed by atoms with Crippen LogP contribution in [0.2, 0.25) is 0 Å². The molecule has 2 amide bonds. The van der Waals surface area contributed by atoms with Crippen LogP contribution in [0.3, 0.4) is 0 Å². The molecule has 0 bridgehead atoms. The van der Waals surface area contributed by atoms with E-state index in [-0.39, 0.29) is 11.1 Å². The molecule has 0 aliphatic carbocycles. The molecule has 1 fully saturated rings. The molecule has 1 atom stereocenters. The molecule has 1 aromatic carbocycles. The first-order valence-corrected chi connectivity index (χ1v) is 6.76. The molecule has 0 saturated carbocycles. The normalized spacial score (nSPS) is 23.3. The van der Waals surface area contributed by atoms with E-state index < -0.39 is 29.5 Å². The van der Waals surface area contributed by atoms with Crippen LogP contribution in [0.4, 0.5) is 0 Å². The summed E-state index contributed by atoms with van der Waals surface area (Å²) in [6.45, 7) is 3.75. The van der Waals surface area contributed by atoms with Crippen LogP contribution in [0, 0.1) is 0 Å². The van der Waals surface area contributed by atoms with Gasteiger partial charge in [0, 0.05) is 0 Å². The monoisotopic (exact) mass is 289 g/mol. The molecule has 3 rings (SSSR count). The van der Waals surface area contributed by atoms with Crippen LogP contribution in [-0.4, -0.2) is 34.6 Å². The van der Waals surface area contributed by atoms with E-state index in [1.165, 1.54) is 12.1 Å². The zero-order valence-electron chi connectivity index (χ0n) is 11.8. The van der Waals surface area contributed by atoms with Gasteiger partial charge in [-0.15, -0.1) is 0 Å². The Kier molecular flexibility index (Phi) is 3.06. The number of fused-ring (bicyclic) bond motifs is 1. The Morgan fingerprint density at radius 2 is 1.81 bits per heavy atom. The predicted octanol–water partition coefficient (Wildman–Crippen LogP) is 1.70. The van der Waals surface area contributed by atoms with Gasteiger partial charge in [-0.3, -0.25) is 9.59 Å². The van der Waals surface area contributed by atoms with Crippen molar-refractivity contribution in [3.8, 4) is 0 Å². The maximum absolute atomic E-state index is 12.1. The van der Waals surface area contributed by atoms with Gasteiger partial charge in [-0.05, 0) is 38.8 Å². The Morgan fingerprint density at radius 1 is 1.24 bits per heavy atom. The van der Waals surface area contributed by atoms with Crippen LogP contribution in [0.5, 0.6) is 0 Å². The van der Waals surface area contributed by atoms with Crippen LogP contribution >= 0.6 is 0 Å². The highest BCUT2D eigenvalue weighted by Gasteiger charge is 2.42. The van der Waals surface area contributed by atoms with Crippen LogP contribution in [0.25, 0.3) is 0 Å². The average molecular weight is 289 g/mol. The van der Waals surface area contributed by atoms with Crippen molar-refractivity contribution in [2.45, 2.75) is 38.4 Å². The zero-order chi connectivity index (χ0) is 15.2. The van der Waals surface area contributed by atoms with Crippen LogP contribution in [-0.2, 0) is 14.4 Å². The molecule has 1 aromatic rings. The van der Waals surface area contributed by atoms with Gasteiger partial charge in [0.2, 0.25) is 0 Å². The third-order valence-electron chi connectivity index (χ3n) is 3.67. The van der Waals surface area contributed by atoms with Crippen molar-refractivity contribution in [1.29, 1.82) is 0 Å². The SMILES string of the molecule is CC1(C)CCC(C(=O)ON2C(=O)c3ccccc3C2=O)O1. The maximum atomic E-state index is 12.1. The van der Waals surface area contributed by atoms with Gasteiger partial charge in [-0.25, -0.2) is 4.79 Å². The Morgan fingerprint density at radius 3 is 2.29 bits per heavy atom. The lowest BCUT2D eigenvalue weighted by Gasteiger charge is -2.19. The molecule has 6 nitrogen and oxygen atoms in total. The third kappa shape index (κ3) is 2.31. The first-order valence-electron chi connectivity index (χ1n) is 6.76. The molecule has 1 unspecified atom stereocenters. The minimum atomic E-state index is -0.746. The average Bonchev–Trinajstić information content (AvgIpc) is 2.93. The molecule has 6 heteroatoms. The van der Waals surface area contributed by atoms with Gasteiger partial charge in [-0.2, -0.15) is 0 Å². The van der Waals surface area contributed by atoms with E-state index in [1.807, 2.05) is 13.8 Å². The van der Waals surface area contributed by atoms with Gasteiger partial charge >= 0.3 is 5.97 Å². The molecular formula is C15H15NO5. The van der Waals surface area contributed by atoms with Crippen molar-refractivity contribution >= 4 is 17.8 Å². The van der Waals surface area contributed by atoms with Crippen molar-refractivity contribution in [2.75, 3.05) is 0 Å². The first-order chi connectivity index (χ1) is 9.89. The van der Waals surface area contributed by atoms with E-state index in [4.69, 9.17) is 9.57 Å². The summed E-state index contributed by atoms with van der Waals surface area (Å²) < 4.78 is 5.54. The van der Waals surface area contributed by atoms with Crippen molar-refractivity contribution in [3.63, 3.8) is 0 Å². The second-order valence-corrected chi connectivity index (χ2v) is 5.77. The summed E-state index contributed by atoms with van der Waals surface area (Å²) in [5.74, 6) is -1.96. The number of rotatable bonds is 2. The molecule has 2 aliphatic rings. The van der Waals surface area contributed by atoms with E-state index in [2.05, 4.69) is 0 Å². The summed E-state index contributed by atoms with van der Waals surface area (Å²) in [7, 11) is 0. The summed E-state index contributed by atoms with van der Waals surface area (Å²) in [4.78, 5) is 41.1. The molecule has 0 radical (unpaired) electrons. The Labute approximate surface area is 121 Å². The highest BCUT2D eigenvalue weighted by atomic mass is 16.7. The van der Waals surface area contributed by atoms with Crippen LogP contribution in [0.1, 0.15) is 47.4 Å². The fraction of sp³-hybridized carbons (Fsp3) is 0.400. The number of carbonyl (C=O) groups is 3. The summed E-state index contributed by atoms with van der Waals surface area (Å²) >= 11 is 0. The van der Waals surface area contributed by atoms with Gasteiger partial charge in [0.15, 0.2) is 6.10 Å². The number of ether oxygens (including phenoxy) is 1. The number of nitrogens with zero attached hydrogens (tertiary/aromatic N) is 1. The van der Waals surface area contributed by atoms with Crippen molar-refractivity contribution in [1.82, 2.24) is 5.06 Å². The fourth-order valence-corrected chi connectivity index (χ4v) is 2.55. The van der Waals surface area contributed by atoms with Gasteiger partial charge < -0.3 is 9.57 Å². The summed E-state index contributed by atoms with van der Waals surface area (Å²) in [6, 6.07) is 6.35. The second kappa shape index (κ2) is 4.66. The minimum Gasteiger partial charge on any atom is -0.361 e. The maximum Gasteiger partial charge on any atom is 0.361 e.